The largest absolute Gasteiger partial charge is 0.340 e. The molecule has 1 unspecified atom stereocenters. The van der Waals surface area contributed by atoms with Gasteiger partial charge in [-0.3, -0.25) is 5.43 Å². The molecule has 1 saturated heterocycles. The third kappa shape index (κ3) is 3.64. The molecule has 94 valence electrons. The number of nitrogens with two attached hydrogens (primary N) is 1. The second-order valence-electron chi connectivity index (χ2n) is 4.90. The third-order valence-corrected chi connectivity index (χ3v) is 2.94. The zero-order valence-corrected chi connectivity index (χ0v) is 10.9. The lowest BCUT2D eigenvalue weighted by Gasteiger charge is -2.37. The van der Waals surface area contributed by atoms with E-state index in [0.29, 0.717) is 6.04 Å². The maximum atomic E-state index is 5.54. The van der Waals surface area contributed by atoms with Crippen molar-refractivity contribution in [1.29, 1.82) is 0 Å². The number of nitrogens with one attached hydrogen (secondary N) is 1. The van der Waals surface area contributed by atoms with Gasteiger partial charge in [0.05, 0.1) is 0 Å². The molecule has 0 bridgehead atoms. The summed E-state index contributed by atoms with van der Waals surface area (Å²) < 4.78 is 0. The zero-order valence-electron chi connectivity index (χ0n) is 10.9. The predicted molar refractivity (Wildman–Crippen MR) is 68.2 cm³/mol. The van der Waals surface area contributed by atoms with Crippen LogP contribution in [-0.2, 0) is 0 Å². The van der Waals surface area contributed by atoms with Crippen LogP contribution in [0.3, 0.4) is 0 Å². The number of likely N-dealkylation sites (tertiary alicyclic amines) is 1. The number of hydrazine groups is 1. The Morgan fingerprint density at radius 2 is 2.19 bits per heavy atom. The SMILES string of the molecule is CC(C)N=C(NN)N1CCCC(N(C)C)C1. The van der Waals surface area contributed by atoms with Crippen molar-refractivity contribution in [3.05, 3.63) is 0 Å². The molecule has 3 N–H and O–H groups in total. The molecule has 0 spiro atoms. The van der Waals surface area contributed by atoms with Gasteiger partial charge >= 0.3 is 0 Å². The highest BCUT2D eigenvalue weighted by molar-refractivity contribution is 5.79. The van der Waals surface area contributed by atoms with Crippen LogP contribution in [0.4, 0.5) is 0 Å². The van der Waals surface area contributed by atoms with E-state index in [2.05, 4.69) is 48.2 Å². The summed E-state index contributed by atoms with van der Waals surface area (Å²) in [6.07, 6.45) is 2.45. The summed E-state index contributed by atoms with van der Waals surface area (Å²) >= 11 is 0. The summed E-state index contributed by atoms with van der Waals surface area (Å²) in [5, 5.41) is 0. The molecular formula is C11H25N5. The van der Waals surface area contributed by atoms with Gasteiger partial charge in [-0.1, -0.05) is 0 Å². The lowest BCUT2D eigenvalue weighted by atomic mass is 10.1. The first-order chi connectivity index (χ1) is 7.54. The number of hydrogen-bond acceptors (Lipinski definition) is 3. The molecule has 1 fully saturated rings. The lowest BCUT2D eigenvalue weighted by molar-refractivity contribution is 0.180. The fraction of sp³-hybridized carbons (Fsp3) is 0.909. The van der Waals surface area contributed by atoms with Crippen molar-refractivity contribution >= 4 is 5.96 Å². The van der Waals surface area contributed by atoms with Crippen LogP contribution in [0, 0.1) is 0 Å². The van der Waals surface area contributed by atoms with Gasteiger partial charge in [-0.25, -0.2) is 10.8 Å². The van der Waals surface area contributed by atoms with E-state index in [0.717, 1.165) is 19.0 Å². The number of piperidine rings is 1. The minimum atomic E-state index is 0.269. The van der Waals surface area contributed by atoms with Gasteiger partial charge in [0, 0.05) is 25.2 Å². The molecule has 5 nitrogen and oxygen atoms in total. The first-order valence-electron chi connectivity index (χ1n) is 6.00. The molecule has 16 heavy (non-hydrogen) atoms. The van der Waals surface area contributed by atoms with Crippen LogP contribution in [0.5, 0.6) is 0 Å². The van der Waals surface area contributed by atoms with Crippen LogP contribution in [0.2, 0.25) is 0 Å². The standard InChI is InChI=1S/C11H25N5/c1-9(2)13-11(14-12)16-7-5-6-10(8-16)15(3)4/h9-10H,5-8,12H2,1-4H3,(H,13,14). The Balaban J connectivity index is 2.64. The summed E-state index contributed by atoms with van der Waals surface area (Å²) in [7, 11) is 4.26. The summed E-state index contributed by atoms with van der Waals surface area (Å²) in [5.41, 5.74) is 2.72. The summed E-state index contributed by atoms with van der Waals surface area (Å²) in [5.74, 6) is 6.36. The first-order valence-corrected chi connectivity index (χ1v) is 6.00. The molecule has 0 aliphatic carbocycles. The van der Waals surface area contributed by atoms with E-state index in [1.807, 2.05) is 0 Å². The Bertz CT molecular complexity index is 237. The minimum Gasteiger partial charge on any atom is -0.340 e. The molecule has 1 rings (SSSR count). The second kappa shape index (κ2) is 6.06. The van der Waals surface area contributed by atoms with Gasteiger partial charge in [0.2, 0.25) is 5.96 Å². The normalized spacial score (nSPS) is 23.1. The Labute approximate surface area is 98.7 Å². The topological polar surface area (TPSA) is 56.9 Å². The summed E-state index contributed by atoms with van der Waals surface area (Å²) in [6.45, 7) is 6.16. The highest BCUT2D eigenvalue weighted by Crippen LogP contribution is 2.13. The average molecular weight is 227 g/mol. The molecule has 5 heteroatoms. The van der Waals surface area contributed by atoms with Crippen LogP contribution >= 0.6 is 0 Å². The van der Waals surface area contributed by atoms with E-state index in [1.54, 1.807) is 0 Å². The molecule has 1 atom stereocenters. The van der Waals surface area contributed by atoms with Crippen LogP contribution in [0.1, 0.15) is 26.7 Å². The highest BCUT2D eigenvalue weighted by Gasteiger charge is 2.23. The second-order valence-corrected chi connectivity index (χ2v) is 4.90. The molecule has 0 saturated carbocycles. The quantitative estimate of drug-likeness (QED) is 0.307. The number of likely N-dealkylation sites (N-methyl/N-ethyl adjacent to an activating group) is 1. The van der Waals surface area contributed by atoms with Crippen molar-refractivity contribution in [3.63, 3.8) is 0 Å². The molecule has 0 aromatic rings. The molecule has 1 aliphatic heterocycles. The van der Waals surface area contributed by atoms with Crippen LogP contribution in [0.15, 0.2) is 4.99 Å². The predicted octanol–water partition coefficient (Wildman–Crippen LogP) is 0.240. The Morgan fingerprint density at radius 1 is 1.50 bits per heavy atom. The van der Waals surface area contributed by atoms with Crippen LogP contribution in [-0.4, -0.2) is 55.0 Å². The van der Waals surface area contributed by atoms with Crippen molar-refractivity contribution in [3.8, 4) is 0 Å². The van der Waals surface area contributed by atoms with E-state index in [9.17, 15) is 0 Å². The lowest BCUT2D eigenvalue weighted by Crippen LogP contribution is -2.53. The fourth-order valence-corrected chi connectivity index (χ4v) is 2.02. The Hall–Kier alpha value is -0.810. The van der Waals surface area contributed by atoms with Gasteiger partial charge in [-0.05, 0) is 40.8 Å². The number of nitrogens with zero attached hydrogens (tertiary/aromatic N) is 3. The number of guanidine groups is 1. The molecule has 0 amide bonds. The van der Waals surface area contributed by atoms with Gasteiger partial charge < -0.3 is 9.80 Å². The van der Waals surface area contributed by atoms with Crippen LogP contribution in [0.25, 0.3) is 0 Å². The van der Waals surface area contributed by atoms with E-state index < -0.39 is 0 Å². The number of rotatable bonds is 2. The van der Waals surface area contributed by atoms with Gasteiger partial charge in [-0.2, -0.15) is 0 Å². The van der Waals surface area contributed by atoms with E-state index in [-0.39, 0.29) is 6.04 Å². The molecular weight excluding hydrogens is 202 g/mol. The molecule has 1 heterocycles. The van der Waals surface area contributed by atoms with Crippen molar-refractivity contribution in [2.24, 2.45) is 10.8 Å². The maximum absolute atomic E-state index is 5.54. The Morgan fingerprint density at radius 3 is 2.69 bits per heavy atom. The average Bonchev–Trinajstić information content (AvgIpc) is 2.25. The summed E-state index contributed by atoms with van der Waals surface area (Å²) in [6, 6.07) is 0.866. The maximum Gasteiger partial charge on any atom is 0.208 e. The van der Waals surface area contributed by atoms with Gasteiger partial charge in [0.1, 0.15) is 0 Å². The first kappa shape index (κ1) is 13.3. The van der Waals surface area contributed by atoms with Crippen LogP contribution < -0.4 is 11.3 Å². The van der Waals surface area contributed by atoms with Crippen molar-refractivity contribution in [2.75, 3.05) is 27.2 Å². The molecule has 0 radical (unpaired) electrons. The highest BCUT2D eigenvalue weighted by atomic mass is 15.4. The van der Waals surface area contributed by atoms with Crippen molar-refractivity contribution < 1.29 is 0 Å². The summed E-state index contributed by atoms with van der Waals surface area (Å²) in [4.78, 5) is 9.02. The monoisotopic (exact) mass is 227 g/mol. The Kier molecular flexibility index (Phi) is 5.02. The van der Waals surface area contributed by atoms with Gasteiger partial charge in [-0.15, -0.1) is 0 Å². The molecule has 0 aromatic carbocycles. The molecule has 0 aromatic heterocycles. The smallest absolute Gasteiger partial charge is 0.208 e. The fourth-order valence-electron chi connectivity index (χ4n) is 2.02. The minimum absolute atomic E-state index is 0.269. The molecule has 1 aliphatic rings. The van der Waals surface area contributed by atoms with Crippen molar-refractivity contribution in [2.45, 2.75) is 38.8 Å². The van der Waals surface area contributed by atoms with Crippen molar-refractivity contribution in [1.82, 2.24) is 15.2 Å². The van der Waals surface area contributed by atoms with Gasteiger partial charge in [0.15, 0.2) is 0 Å². The number of hydrogen-bond donors (Lipinski definition) is 2. The van der Waals surface area contributed by atoms with Gasteiger partial charge in [0.25, 0.3) is 0 Å². The van der Waals surface area contributed by atoms with E-state index in [4.69, 9.17) is 5.84 Å². The zero-order chi connectivity index (χ0) is 12.1. The van der Waals surface area contributed by atoms with E-state index >= 15 is 0 Å². The third-order valence-electron chi connectivity index (χ3n) is 2.94. The number of aliphatic imine (C=N–C) groups is 1. The van der Waals surface area contributed by atoms with E-state index in [1.165, 1.54) is 12.8 Å².